The Morgan fingerprint density at radius 2 is 1.89 bits per heavy atom. The standard InChI is InChI=1S/C11H21ClN2O3S/c1-11(2,8-12)10(15)14-6-4-9(5-7-14)13-18(3,16)17/h9,13H,4-8H2,1-3H3. The lowest BCUT2D eigenvalue weighted by atomic mass is 9.93. The maximum absolute atomic E-state index is 12.1. The number of sulfonamides is 1. The maximum Gasteiger partial charge on any atom is 0.229 e. The van der Waals surface area contributed by atoms with E-state index in [2.05, 4.69) is 4.72 Å². The monoisotopic (exact) mass is 296 g/mol. The molecule has 18 heavy (non-hydrogen) atoms. The molecule has 1 fully saturated rings. The van der Waals surface area contributed by atoms with E-state index in [-0.39, 0.29) is 17.8 Å². The zero-order chi connectivity index (χ0) is 14.0. The van der Waals surface area contributed by atoms with Crippen LogP contribution in [0.15, 0.2) is 0 Å². The number of alkyl halides is 1. The number of piperidine rings is 1. The molecule has 1 saturated heterocycles. The molecule has 1 rings (SSSR count). The predicted molar refractivity (Wildman–Crippen MR) is 72.1 cm³/mol. The number of carbonyl (C=O) groups excluding carboxylic acids is 1. The van der Waals surface area contributed by atoms with Gasteiger partial charge in [-0.1, -0.05) is 0 Å². The maximum atomic E-state index is 12.1. The summed E-state index contributed by atoms with van der Waals surface area (Å²) in [6.07, 6.45) is 2.45. The molecule has 0 bridgehead atoms. The predicted octanol–water partition coefficient (Wildman–Crippen LogP) is 0.792. The lowest BCUT2D eigenvalue weighted by Gasteiger charge is -2.36. The first-order valence-electron chi connectivity index (χ1n) is 5.98. The molecule has 1 aliphatic heterocycles. The highest BCUT2D eigenvalue weighted by Crippen LogP contribution is 2.23. The van der Waals surface area contributed by atoms with Crippen molar-refractivity contribution in [2.24, 2.45) is 5.41 Å². The lowest BCUT2D eigenvalue weighted by Crippen LogP contribution is -2.50. The van der Waals surface area contributed by atoms with Gasteiger partial charge in [-0.2, -0.15) is 0 Å². The van der Waals surface area contributed by atoms with Crippen molar-refractivity contribution in [3.8, 4) is 0 Å². The SMILES string of the molecule is CC(C)(CCl)C(=O)N1CCC(NS(C)(=O)=O)CC1. The van der Waals surface area contributed by atoms with E-state index in [1.54, 1.807) is 4.90 Å². The molecule has 1 heterocycles. The summed E-state index contributed by atoms with van der Waals surface area (Å²) in [7, 11) is -3.17. The minimum Gasteiger partial charge on any atom is -0.342 e. The van der Waals surface area contributed by atoms with Crippen LogP contribution in [-0.2, 0) is 14.8 Å². The molecule has 0 spiro atoms. The van der Waals surface area contributed by atoms with Gasteiger partial charge in [0.05, 0.1) is 11.7 Å². The summed E-state index contributed by atoms with van der Waals surface area (Å²) in [5, 5.41) is 0. The highest BCUT2D eigenvalue weighted by atomic mass is 35.5. The van der Waals surface area contributed by atoms with E-state index in [9.17, 15) is 13.2 Å². The zero-order valence-corrected chi connectivity index (χ0v) is 12.6. The van der Waals surface area contributed by atoms with Crippen molar-refractivity contribution in [2.75, 3.05) is 25.2 Å². The molecule has 1 amide bonds. The van der Waals surface area contributed by atoms with Crippen molar-refractivity contribution in [2.45, 2.75) is 32.7 Å². The highest BCUT2D eigenvalue weighted by molar-refractivity contribution is 7.88. The number of nitrogens with one attached hydrogen (secondary N) is 1. The molecule has 0 radical (unpaired) electrons. The molecule has 0 unspecified atom stereocenters. The van der Waals surface area contributed by atoms with Crippen LogP contribution in [0.2, 0.25) is 0 Å². The molecule has 0 saturated carbocycles. The number of likely N-dealkylation sites (tertiary alicyclic amines) is 1. The molecule has 0 aliphatic carbocycles. The first kappa shape index (κ1) is 15.7. The number of rotatable bonds is 4. The van der Waals surface area contributed by atoms with E-state index in [0.717, 1.165) is 6.26 Å². The van der Waals surface area contributed by atoms with Crippen LogP contribution in [0.5, 0.6) is 0 Å². The summed E-state index contributed by atoms with van der Waals surface area (Å²) in [5.41, 5.74) is -0.557. The molecular weight excluding hydrogens is 276 g/mol. The number of hydrogen-bond acceptors (Lipinski definition) is 3. The largest absolute Gasteiger partial charge is 0.342 e. The average molecular weight is 297 g/mol. The van der Waals surface area contributed by atoms with Crippen LogP contribution in [0, 0.1) is 5.41 Å². The van der Waals surface area contributed by atoms with Gasteiger partial charge in [0.25, 0.3) is 0 Å². The second kappa shape index (κ2) is 5.75. The van der Waals surface area contributed by atoms with E-state index in [0.29, 0.717) is 25.9 Å². The smallest absolute Gasteiger partial charge is 0.229 e. The molecule has 5 nitrogen and oxygen atoms in total. The van der Waals surface area contributed by atoms with Crippen molar-refractivity contribution in [3.05, 3.63) is 0 Å². The van der Waals surface area contributed by atoms with Gasteiger partial charge in [-0.05, 0) is 26.7 Å². The molecular formula is C11H21ClN2O3S. The Balaban J connectivity index is 2.52. The third-order valence-corrected chi connectivity index (χ3v) is 4.51. The van der Waals surface area contributed by atoms with Gasteiger partial charge in [0.1, 0.15) is 0 Å². The van der Waals surface area contributed by atoms with Gasteiger partial charge in [-0.3, -0.25) is 4.79 Å². The molecule has 0 aromatic carbocycles. The van der Waals surface area contributed by atoms with Crippen molar-refractivity contribution in [1.82, 2.24) is 9.62 Å². The Bertz CT molecular complexity index is 401. The van der Waals surface area contributed by atoms with Gasteiger partial charge in [0.2, 0.25) is 15.9 Å². The summed E-state index contributed by atoms with van der Waals surface area (Å²) < 4.78 is 24.8. The second-order valence-electron chi connectivity index (χ2n) is 5.47. The highest BCUT2D eigenvalue weighted by Gasteiger charge is 2.33. The minimum absolute atomic E-state index is 0.0373. The fourth-order valence-electron chi connectivity index (χ4n) is 1.99. The third-order valence-electron chi connectivity index (χ3n) is 3.08. The Morgan fingerprint density at radius 1 is 1.39 bits per heavy atom. The molecule has 1 aliphatic rings. The topological polar surface area (TPSA) is 66.5 Å². The molecule has 106 valence electrons. The lowest BCUT2D eigenvalue weighted by molar-refractivity contribution is -0.140. The van der Waals surface area contributed by atoms with Gasteiger partial charge in [-0.15, -0.1) is 11.6 Å². The van der Waals surface area contributed by atoms with Crippen LogP contribution in [-0.4, -0.2) is 50.5 Å². The van der Waals surface area contributed by atoms with Crippen LogP contribution < -0.4 is 4.72 Å². The summed E-state index contributed by atoms with van der Waals surface area (Å²) >= 11 is 5.78. The fraction of sp³-hybridized carbons (Fsp3) is 0.909. The Kier molecular flexibility index (Phi) is 5.03. The Morgan fingerprint density at radius 3 is 2.28 bits per heavy atom. The van der Waals surface area contributed by atoms with E-state index in [1.807, 2.05) is 13.8 Å². The summed E-state index contributed by atoms with van der Waals surface area (Å²) in [5.74, 6) is 0.322. The van der Waals surface area contributed by atoms with Crippen LogP contribution in [0.4, 0.5) is 0 Å². The van der Waals surface area contributed by atoms with E-state index >= 15 is 0 Å². The quantitative estimate of drug-likeness (QED) is 0.780. The van der Waals surface area contributed by atoms with Crippen molar-refractivity contribution < 1.29 is 13.2 Å². The van der Waals surface area contributed by atoms with E-state index in [1.165, 1.54) is 0 Å². The summed E-state index contributed by atoms with van der Waals surface area (Å²) in [6.45, 7) is 4.80. The number of hydrogen-bond donors (Lipinski definition) is 1. The molecule has 7 heteroatoms. The number of nitrogens with zero attached hydrogens (tertiary/aromatic N) is 1. The number of carbonyl (C=O) groups is 1. The van der Waals surface area contributed by atoms with Crippen LogP contribution in [0.3, 0.4) is 0 Å². The molecule has 1 N–H and O–H groups in total. The Labute approximate surface area is 114 Å². The van der Waals surface area contributed by atoms with Gasteiger partial charge >= 0.3 is 0 Å². The van der Waals surface area contributed by atoms with E-state index in [4.69, 9.17) is 11.6 Å². The first-order valence-corrected chi connectivity index (χ1v) is 8.41. The van der Waals surface area contributed by atoms with Crippen LogP contribution in [0.25, 0.3) is 0 Å². The van der Waals surface area contributed by atoms with Crippen molar-refractivity contribution in [3.63, 3.8) is 0 Å². The van der Waals surface area contributed by atoms with Crippen LogP contribution >= 0.6 is 11.6 Å². The van der Waals surface area contributed by atoms with E-state index < -0.39 is 15.4 Å². The zero-order valence-electron chi connectivity index (χ0n) is 11.1. The summed E-state index contributed by atoms with van der Waals surface area (Å²) in [6, 6.07) is -0.0665. The molecule has 0 atom stereocenters. The third kappa shape index (κ3) is 4.40. The van der Waals surface area contributed by atoms with Gasteiger partial charge < -0.3 is 4.90 Å². The van der Waals surface area contributed by atoms with Crippen molar-refractivity contribution in [1.29, 1.82) is 0 Å². The molecule has 0 aromatic rings. The molecule has 0 aromatic heterocycles. The van der Waals surface area contributed by atoms with Crippen LogP contribution in [0.1, 0.15) is 26.7 Å². The number of amides is 1. The minimum atomic E-state index is -3.17. The van der Waals surface area contributed by atoms with Gasteiger partial charge in [-0.25, -0.2) is 13.1 Å². The second-order valence-corrected chi connectivity index (χ2v) is 7.52. The van der Waals surface area contributed by atoms with Gasteiger partial charge in [0, 0.05) is 25.0 Å². The Hall–Kier alpha value is -0.330. The van der Waals surface area contributed by atoms with Gasteiger partial charge in [0.15, 0.2) is 0 Å². The fourth-order valence-corrected chi connectivity index (χ4v) is 2.94. The van der Waals surface area contributed by atoms with Crippen molar-refractivity contribution >= 4 is 27.5 Å². The normalized spacial score (nSPS) is 19.0. The summed E-state index contributed by atoms with van der Waals surface area (Å²) in [4.78, 5) is 13.9. The average Bonchev–Trinajstić information content (AvgIpc) is 2.27. The first-order chi connectivity index (χ1) is 8.15. The number of halogens is 1.